The average Bonchev–Trinajstić information content (AvgIpc) is 3.01. The van der Waals surface area contributed by atoms with Crippen molar-refractivity contribution in [2.24, 2.45) is 0 Å². The molecule has 0 aromatic heterocycles. The number of hydrogen-bond donors (Lipinski definition) is 0. The van der Waals surface area contributed by atoms with Gasteiger partial charge in [0.15, 0.2) is 0 Å². The van der Waals surface area contributed by atoms with Crippen molar-refractivity contribution in [3.05, 3.63) is 35.4 Å². The summed E-state index contributed by atoms with van der Waals surface area (Å²) in [6, 6.07) is 9.40. The fourth-order valence-corrected chi connectivity index (χ4v) is 7.15. The predicted octanol–water partition coefficient (Wildman–Crippen LogP) is 14.5. The van der Waals surface area contributed by atoms with Gasteiger partial charge in [-0.25, -0.2) is 0 Å². The van der Waals surface area contributed by atoms with Gasteiger partial charge in [-0.1, -0.05) is 199 Å². The number of nitrogens with zero attached hydrogens (tertiary/aromatic N) is 1. The Morgan fingerprint density at radius 3 is 1.14 bits per heavy atom. The van der Waals surface area contributed by atoms with Gasteiger partial charge in [0.2, 0.25) is 0 Å². The van der Waals surface area contributed by atoms with Crippen LogP contribution in [0, 0.1) is 0 Å². The van der Waals surface area contributed by atoms with Gasteiger partial charge in [-0.05, 0) is 45.1 Å². The Labute approximate surface area is 279 Å². The van der Waals surface area contributed by atoms with Crippen LogP contribution in [0.5, 0.6) is 0 Å². The minimum absolute atomic E-state index is 0.142. The van der Waals surface area contributed by atoms with Crippen molar-refractivity contribution in [3.63, 3.8) is 0 Å². The van der Waals surface area contributed by atoms with Crippen molar-refractivity contribution in [2.75, 3.05) is 20.6 Å². The van der Waals surface area contributed by atoms with Crippen molar-refractivity contribution >= 4 is 0 Å². The van der Waals surface area contributed by atoms with Crippen molar-refractivity contribution in [3.8, 4) is 0 Å². The van der Waals surface area contributed by atoms with E-state index in [-0.39, 0.29) is 5.54 Å². The van der Waals surface area contributed by atoms with E-state index in [9.17, 15) is 0 Å². The van der Waals surface area contributed by atoms with Crippen LogP contribution >= 0.6 is 0 Å². The molecule has 0 spiro atoms. The lowest BCUT2D eigenvalue weighted by molar-refractivity contribution is -0.945. The van der Waals surface area contributed by atoms with Crippen LogP contribution in [0.25, 0.3) is 0 Å². The molecule has 1 aromatic rings. The molecule has 0 aliphatic rings. The van der Waals surface area contributed by atoms with Gasteiger partial charge in [-0.3, -0.25) is 0 Å². The van der Waals surface area contributed by atoms with Gasteiger partial charge in [0.05, 0.1) is 20.6 Å². The highest BCUT2D eigenvalue weighted by Crippen LogP contribution is 2.35. The first-order chi connectivity index (χ1) is 21.4. The molecule has 0 bridgehead atoms. The van der Waals surface area contributed by atoms with Crippen molar-refractivity contribution in [1.29, 1.82) is 0 Å². The fraction of sp³-hybridized carbons (Fsp3) is 0.860. The van der Waals surface area contributed by atoms with E-state index in [4.69, 9.17) is 0 Å². The van der Waals surface area contributed by atoms with E-state index in [1.54, 1.807) is 11.1 Å². The molecule has 0 heterocycles. The fourth-order valence-electron chi connectivity index (χ4n) is 7.15. The monoisotopic (exact) mass is 613 g/mol. The Bertz CT molecular complexity index is 747. The third-order valence-corrected chi connectivity index (χ3v) is 11.1. The summed E-state index contributed by atoms with van der Waals surface area (Å²) in [5.41, 5.74) is 3.33. The largest absolute Gasteiger partial charge is 0.320 e. The van der Waals surface area contributed by atoms with Crippen molar-refractivity contribution < 1.29 is 4.48 Å². The highest BCUT2D eigenvalue weighted by molar-refractivity contribution is 5.31. The maximum Gasteiger partial charge on any atom is 0.119 e. The molecule has 258 valence electrons. The summed E-state index contributed by atoms with van der Waals surface area (Å²) in [6.07, 6.45) is 41.4. The molecule has 0 saturated carbocycles. The lowest BCUT2D eigenvalue weighted by Gasteiger charge is -2.46. The second-order valence-corrected chi connectivity index (χ2v) is 15.6. The van der Waals surface area contributed by atoms with Gasteiger partial charge in [0, 0.05) is 5.56 Å². The van der Waals surface area contributed by atoms with E-state index >= 15 is 0 Å². The number of aryl methyl sites for hydroxylation is 1. The van der Waals surface area contributed by atoms with E-state index in [1.165, 1.54) is 193 Å². The van der Waals surface area contributed by atoms with Crippen molar-refractivity contribution in [1.82, 2.24) is 0 Å². The molecular formula is C43H82N+. The van der Waals surface area contributed by atoms with E-state index in [1.807, 2.05) is 0 Å². The molecule has 0 radical (unpaired) electrons. The Kier molecular flexibility index (Phi) is 25.6. The first kappa shape index (κ1) is 41.2. The zero-order chi connectivity index (χ0) is 32.2. The second-order valence-electron chi connectivity index (χ2n) is 15.6. The zero-order valence-corrected chi connectivity index (χ0v) is 31.5. The molecule has 0 saturated heterocycles. The summed E-state index contributed by atoms with van der Waals surface area (Å²) in [5.74, 6) is 0. The Morgan fingerprint density at radius 2 is 0.750 bits per heavy atom. The third kappa shape index (κ3) is 19.6. The molecule has 0 aliphatic heterocycles. The number of hydrogen-bond acceptors (Lipinski definition) is 0. The van der Waals surface area contributed by atoms with Crippen LogP contribution in [0.2, 0.25) is 0 Å². The number of benzene rings is 1. The van der Waals surface area contributed by atoms with Gasteiger partial charge >= 0.3 is 0 Å². The average molecular weight is 613 g/mol. The molecule has 1 aromatic carbocycles. The normalized spacial score (nSPS) is 12.3. The molecule has 0 unspecified atom stereocenters. The Morgan fingerprint density at radius 1 is 0.432 bits per heavy atom. The Balaban J connectivity index is 2.20. The summed E-state index contributed by atoms with van der Waals surface area (Å²) in [7, 11) is 4.96. The van der Waals surface area contributed by atoms with Crippen LogP contribution in [-0.2, 0) is 12.0 Å². The summed E-state index contributed by atoms with van der Waals surface area (Å²) in [5, 5.41) is 0. The first-order valence-corrected chi connectivity index (χ1v) is 20.3. The number of unbranched alkanes of at least 4 members (excludes halogenated alkanes) is 26. The van der Waals surface area contributed by atoms with Crippen LogP contribution in [0.1, 0.15) is 219 Å². The van der Waals surface area contributed by atoms with Gasteiger partial charge in [0.25, 0.3) is 0 Å². The first-order valence-electron chi connectivity index (χ1n) is 20.3. The standard InChI is InChI=1S/C43H82N/c1-7-9-11-13-15-17-19-21-23-25-27-29-31-33-37-41-38-34-35-39-42(41)43(3,4)44(5,6)40-36-32-30-28-26-24-22-20-18-16-14-12-10-8-2/h34-35,38-39H,7-33,36-37,40H2,1-6H3/q+1. The molecule has 0 atom stereocenters. The summed E-state index contributed by atoms with van der Waals surface area (Å²) in [4.78, 5) is 0. The summed E-state index contributed by atoms with van der Waals surface area (Å²) >= 11 is 0. The zero-order valence-electron chi connectivity index (χ0n) is 31.5. The molecule has 1 heteroatoms. The van der Waals surface area contributed by atoms with E-state index in [0.717, 1.165) is 4.48 Å². The van der Waals surface area contributed by atoms with Crippen LogP contribution in [-0.4, -0.2) is 25.1 Å². The number of rotatable bonds is 32. The molecular weight excluding hydrogens is 530 g/mol. The number of quaternary nitrogens is 1. The molecule has 44 heavy (non-hydrogen) atoms. The molecule has 0 fully saturated rings. The highest BCUT2D eigenvalue weighted by Gasteiger charge is 2.39. The summed E-state index contributed by atoms with van der Waals surface area (Å²) in [6.45, 7) is 10.9. The van der Waals surface area contributed by atoms with E-state index in [2.05, 4.69) is 66.1 Å². The minimum atomic E-state index is 0.142. The van der Waals surface area contributed by atoms with Crippen LogP contribution in [0.4, 0.5) is 0 Å². The van der Waals surface area contributed by atoms with Crippen LogP contribution in [0.15, 0.2) is 24.3 Å². The van der Waals surface area contributed by atoms with Gasteiger partial charge in [0.1, 0.15) is 5.54 Å². The Hall–Kier alpha value is -0.820. The van der Waals surface area contributed by atoms with Gasteiger partial charge in [-0.15, -0.1) is 0 Å². The minimum Gasteiger partial charge on any atom is -0.320 e. The quantitative estimate of drug-likeness (QED) is 0.0561. The maximum atomic E-state index is 2.50. The maximum absolute atomic E-state index is 2.50. The second kappa shape index (κ2) is 27.3. The van der Waals surface area contributed by atoms with E-state index < -0.39 is 0 Å². The van der Waals surface area contributed by atoms with E-state index in [0.29, 0.717) is 0 Å². The molecule has 1 nitrogen and oxygen atoms in total. The predicted molar refractivity (Wildman–Crippen MR) is 201 cm³/mol. The SMILES string of the molecule is CCCCCCCCCCCCCCCCc1ccccc1C(C)(C)[N+](C)(C)CCCCCCCCCCCCCCCC. The molecule has 0 aliphatic carbocycles. The third-order valence-electron chi connectivity index (χ3n) is 11.1. The lowest BCUT2D eigenvalue weighted by Crippen LogP contribution is -2.54. The molecule has 1 rings (SSSR count). The molecule has 0 amide bonds. The lowest BCUT2D eigenvalue weighted by atomic mass is 9.84. The van der Waals surface area contributed by atoms with Crippen molar-refractivity contribution in [2.45, 2.75) is 219 Å². The molecule has 0 N–H and O–H groups in total. The smallest absolute Gasteiger partial charge is 0.119 e. The van der Waals surface area contributed by atoms with Gasteiger partial charge < -0.3 is 4.48 Å². The summed E-state index contributed by atoms with van der Waals surface area (Å²) < 4.78 is 1.08. The van der Waals surface area contributed by atoms with Gasteiger partial charge in [-0.2, -0.15) is 0 Å². The van der Waals surface area contributed by atoms with Crippen LogP contribution < -0.4 is 0 Å². The topological polar surface area (TPSA) is 0 Å². The van der Waals surface area contributed by atoms with Crippen LogP contribution in [0.3, 0.4) is 0 Å². The highest BCUT2D eigenvalue weighted by atomic mass is 15.4.